The molecule has 6 atom stereocenters. The van der Waals surface area contributed by atoms with Crippen LogP contribution in [0.2, 0.25) is 0 Å². The van der Waals surface area contributed by atoms with Crippen LogP contribution in [0, 0.1) is 57.2 Å². The van der Waals surface area contributed by atoms with Crippen molar-refractivity contribution < 1.29 is 10.2 Å². The van der Waals surface area contributed by atoms with Crippen molar-refractivity contribution in [2.75, 3.05) is 0 Å². The number of aliphatic hydroxyl groups excluding tert-OH is 2. The van der Waals surface area contributed by atoms with Gasteiger partial charge in [0.2, 0.25) is 0 Å². The Hall–Kier alpha value is -0.0800. The van der Waals surface area contributed by atoms with Gasteiger partial charge in [0, 0.05) is 0 Å². The molecule has 2 N–H and O–H groups in total. The molecule has 2 rings (SSSR count). The second-order valence-corrected chi connectivity index (χ2v) is 15.7. The number of rotatable bonds is 1. The van der Waals surface area contributed by atoms with E-state index < -0.39 is 0 Å². The molecule has 0 aliphatic heterocycles. The second kappa shape index (κ2) is 8.94. The van der Waals surface area contributed by atoms with Crippen molar-refractivity contribution in [1.82, 2.24) is 0 Å². The summed E-state index contributed by atoms with van der Waals surface area (Å²) in [4.78, 5) is 0. The number of hydrogen-bond acceptors (Lipinski definition) is 2. The van der Waals surface area contributed by atoms with Crippen molar-refractivity contribution in [2.24, 2.45) is 57.2 Å². The molecule has 184 valence electrons. The minimum atomic E-state index is -0.218. The van der Waals surface area contributed by atoms with Gasteiger partial charge in [-0.3, -0.25) is 0 Å². The normalized spacial score (nSPS) is 39.3. The van der Waals surface area contributed by atoms with E-state index in [0.717, 1.165) is 25.7 Å². The van der Waals surface area contributed by atoms with Gasteiger partial charge in [0.25, 0.3) is 0 Å². The number of hydrogen-bond donors (Lipinski definition) is 2. The number of aliphatic hydroxyl groups is 2. The van der Waals surface area contributed by atoms with Crippen LogP contribution in [0.15, 0.2) is 0 Å². The molecule has 2 saturated carbocycles. The summed E-state index contributed by atoms with van der Waals surface area (Å²) in [5.41, 5.74) is 0.551. The fraction of sp³-hybridized carbons (Fsp3) is 1.00. The lowest BCUT2D eigenvalue weighted by Gasteiger charge is -2.51. The van der Waals surface area contributed by atoms with Gasteiger partial charge in [-0.25, -0.2) is 0 Å². The van der Waals surface area contributed by atoms with Crippen molar-refractivity contribution in [2.45, 2.75) is 127 Å². The highest BCUT2D eigenvalue weighted by atomic mass is 16.3. The van der Waals surface area contributed by atoms with Gasteiger partial charge in [-0.1, -0.05) is 83.1 Å². The van der Waals surface area contributed by atoms with Crippen LogP contribution in [0.25, 0.3) is 0 Å². The summed E-state index contributed by atoms with van der Waals surface area (Å²) in [6.07, 6.45) is 5.12. The Balaban J connectivity index is 2.44. The Morgan fingerprint density at radius 2 is 0.806 bits per heavy atom. The van der Waals surface area contributed by atoms with Gasteiger partial charge in [-0.15, -0.1) is 0 Å². The van der Waals surface area contributed by atoms with Crippen LogP contribution in [0.4, 0.5) is 0 Å². The van der Waals surface area contributed by atoms with Crippen molar-refractivity contribution in [1.29, 1.82) is 0 Å². The first-order valence-corrected chi connectivity index (χ1v) is 13.1. The molecule has 6 unspecified atom stereocenters. The van der Waals surface area contributed by atoms with Crippen molar-refractivity contribution in [3.8, 4) is 0 Å². The standard InChI is InChI=1S/C29H56O2/c1-26(2,3)20-13-18(14-21(24(30)17-20)27(4,5)6)19-15-22(28(7,8)9)25(31)23(16-19)29(10,11)12/h18-25,30-31H,13-17H2,1-12H3. The molecule has 0 aromatic carbocycles. The fourth-order valence-electron chi connectivity index (χ4n) is 6.94. The SMILES string of the molecule is CC(C)(C)C1CC(O)C(C(C)(C)C)CC(C2CC(C(C)(C)C)C(O)C(C(C)(C)C)C2)C1. The van der Waals surface area contributed by atoms with Gasteiger partial charge in [0.15, 0.2) is 0 Å². The zero-order valence-electron chi connectivity index (χ0n) is 23.0. The van der Waals surface area contributed by atoms with Crippen LogP contribution in [0.1, 0.15) is 115 Å². The third-order valence-corrected chi connectivity index (χ3v) is 9.30. The van der Waals surface area contributed by atoms with Gasteiger partial charge in [-0.05, 0) is 89.3 Å². The van der Waals surface area contributed by atoms with Gasteiger partial charge in [-0.2, -0.15) is 0 Å². The maximum atomic E-state index is 11.4. The Morgan fingerprint density at radius 3 is 1.16 bits per heavy atom. The lowest BCUT2D eigenvalue weighted by molar-refractivity contribution is -0.0960. The van der Waals surface area contributed by atoms with E-state index in [-0.39, 0.29) is 33.9 Å². The molecule has 2 nitrogen and oxygen atoms in total. The molecular formula is C29H56O2. The van der Waals surface area contributed by atoms with Crippen molar-refractivity contribution >= 4 is 0 Å². The molecule has 0 saturated heterocycles. The lowest BCUT2D eigenvalue weighted by atomic mass is 9.55. The smallest absolute Gasteiger partial charge is 0.0606 e. The van der Waals surface area contributed by atoms with Crippen LogP contribution >= 0.6 is 0 Å². The van der Waals surface area contributed by atoms with E-state index in [1.165, 1.54) is 6.42 Å². The van der Waals surface area contributed by atoms with Crippen molar-refractivity contribution in [3.63, 3.8) is 0 Å². The third kappa shape index (κ3) is 6.50. The van der Waals surface area contributed by atoms with E-state index >= 15 is 0 Å². The van der Waals surface area contributed by atoms with Gasteiger partial charge in [0.1, 0.15) is 0 Å². The van der Waals surface area contributed by atoms with E-state index in [4.69, 9.17) is 0 Å². The minimum Gasteiger partial charge on any atom is -0.393 e. The lowest BCUT2D eigenvalue weighted by Crippen LogP contribution is -2.49. The van der Waals surface area contributed by atoms with E-state index in [1.807, 2.05) is 0 Å². The molecule has 2 aliphatic rings. The molecule has 2 heteroatoms. The van der Waals surface area contributed by atoms with Crippen LogP contribution in [0.3, 0.4) is 0 Å². The van der Waals surface area contributed by atoms with Crippen molar-refractivity contribution in [3.05, 3.63) is 0 Å². The summed E-state index contributed by atoms with van der Waals surface area (Å²) < 4.78 is 0. The van der Waals surface area contributed by atoms with Gasteiger partial charge in [0.05, 0.1) is 12.2 Å². The molecule has 0 amide bonds. The average Bonchev–Trinajstić information content (AvgIpc) is 2.71. The van der Waals surface area contributed by atoms with E-state index in [9.17, 15) is 10.2 Å². The van der Waals surface area contributed by atoms with Gasteiger partial charge < -0.3 is 10.2 Å². The van der Waals surface area contributed by atoms with Crippen LogP contribution in [0.5, 0.6) is 0 Å². The summed E-state index contributed by atoms with van der Waals surface area (Å²) in [6.45, 7) is 27.9. The Bertz CT molecular complexity index is 556. The quantitative estimate of drug-likeness (QED) is 0.416. The highest BCUT2D eigenvalue weighted by Gasteiger charge is 2.50. The topological polar surface area (TPSA) is 40.5 Å². The zero-order chi connectivity index (χ0) is 24.2. The summed E-state index contributed by atoms with van der Waals surface area (Å²) in [6, 6.07) is 0. The van der Waals surface area contributed by atoms with E-state index in [1.54, 1.807) is 0 Å². The molecule has 2 aliphatic carbocycles. The zero-order valence-corrected chi connectivity index (χ0v) is 23.0. The Morgan fingerprint density at radius 1 is 0.452 bits per heavy atom. The first-order valence-electron chi connectivity index (χ1n) is 13.1. The molecule has 0 heterocycles. The monoisotopic (exact) mass is 436 g/mol. The van der Waals surface area contributed by atoms with Crippen LogP contribution < -0.4 is 0 Å². The predicted molar refractivity (Wildman–Crippen MR) is 134 cm³/mol. The first kappa shape index (κ1) is 27.2. The molecule has 31 heavy (non-hydrogen) atoms. The second-order valence-electron chi connectivity index (χ2n) is 15.7. The molecular weight excluding hydrogens is 380 g/mol. The van der Waals surface area contributed by atoms with Crippen LogP contribution in [-0.2, 0) is 0 Å². The van der Waals surface area contributed by atoms with E-state index in [0.29, 0.717) is 35.5 Å². The molecule has 0 spiro atoms. The van der Waals surface area contributed by atoms with Crippen LogP contribution in [-0.4, -0.2) is 22.4 Å². The predicted octanol–water partition coefficient (Wildman–Crippen LogP) is 7.57. The van der Waals surface area contributed by atoms with E-state index in [2.05, 4.69) is 83.1 Å². The summed E-state index contributed by atoms with van der Waals surface area (Å²) in [7, 11) is 0. The Kier molecular flexibility index (Phi) is 7.83. The molecule has 0 bridgehead atoms. The highest BCUT2D eigenvalue weighted by molar-refractivity contribution is 4.99. The summed E-state index contributed by atoms with van der Waals surface area (Å²) in [5.74, 6) is 2.84. The fourth-order valence-corrected chi connectivity index (χ4v) is 6.94. The molecule has 2 fully saturated rings. The maximum absolute atomic E-state index is 11.4. The van der Waals surface area contributed by atoms with Gasteiger partial charge >= 0.3 is 0 Å². The first-order chi connectivity index (χ1) is 13.7. The highest BCUT2D eigenvalue weighted by Crippen LogP contribution is 2.54. The summed E-state index contributed by atoms with van der Waals surface area (Å²) in [5, 5.41) is 22.7. The Labute approximate surface area is 195 Å². The molecule has 0 radical (unpaired) electrons. The summed E-state index contributed by atoms with van der Waals surface area (Å²) >= 11 is 0. The molecule has 0 aromatic rings. The third-order valence-electron chi connectivity index (χ3n) is 9.30. The maximum Gasteiger partial charge on any atom is 0.0606 e. The average molecular weight is 437 g/mol. The molecule has 0 aromatic heterocycles. The minimum absolute atomic E-state index is 0.110. The largest absolute Gasteiger partial charge is 0.393 e.